The Bertz CT molecular complexity index is 331. The van der Waals surface area contributed by atoms with Gasteiger partial charge in [0.1, 0.15) is 5.60 Å². The predicted molar refractivity (Wildman–Crippen MR) is 66.1 cm³/mol. The van der Waals surface area contributed by atoms with Crippen LogP contribution in [0, 0.1) is 6.92 Å². The van der Waals surface area contributed by atoms with Crippen molar-refractivity contribution in [1.82, 2.24) is 0 Å². The lowest BCUT2D eigenvalue weighted by molar-refractivity contribution is -0.401. The molecule has 0 bridgehead atoms. The molecule has 1 rings (SSSR count). The molecule has 0 aliphatic carbocycles. The number of benzene rings is 1. The molecule has 1 aromatic rings. The second kappa shape index (κ2) is 4.56. The predicted octanol–water partition coefficient (Wildman–Crippen LogP) is 3.98. The zero-order valence-electron chi connectivity index (χ0n) is 11.1. The van der Waals surface area contributed by atoms with Gasteiger partial charge in [-0.05, 0) is 47.1 Å². The molecule has 16 heavy (non-hydrogen) atoms. The Kier molecular flexibility index (Phi) is 3.76. The summed E-state index contributed by atoms with van der Waals surface area (Å²) in [5.41, 5.74) is 1.64. The number of aryl methyl sites for hydroxylation is 1. The van der Waals surface area contributed by atoms with Crippen molar-refractivity contribution in [2.45, 2.75) is 52.7 Å². The van der Waals surface area contributed by atoms with Crippen molar-refractivity contribution < 1.29 is 9.78 Å². The van der Waals surface area contributed by atoms with Crippen LogP contribution in [0.15, 0.2) is 24.3 Å². The highest BCUT2D eigenvalue weighted by Crippen LogP contribution is 2.27. The summed E-state index contributed by atoms with van der Waals surface area (Å²) in [5.74, 6) is 0. The SMILES string of the molecule is Cc1ccc(C(C)(C)OOC(C)(C)C)cc1. The van der Waals surface area contributed by atoms with Gasteiger partial charge in [-0.1, -0.05) is 29.8 Å². The molecule has 0 amide bonds. The van der Waals surface area contributed by atoms with Gasteiger partial charge in [-0.15, -0.1) is 0 Å². The van der Waals surface area contributed by atoms with Crippen LogP contribution in [-0.2, 0) is 15.4 Å². The largest absolute Gasteiger partial charge is 0.230 e. The summed E-state index contributed by atoms with van der Waals surface area (Å²) in [4.78, 5) is 10.9. The fourth-order valence-corrected chi connectivity index (χ4v) is 1.23. The average molecular weight is 222 g/mol. The van der Waals surface area contributed by atoms with Crippen molar-refractivity contribution in [3.8, 4) is 0 Å². The molecule has 0 aliphatic rings. The molecule has 0 radical (unpaired) electrons. The molecule has 1 aromatic carbocycles. The second-order valence-electron chi connectivity index (χ2n) is 5.66. The topological polar surface area (TPSA) is 18.5 Å². The van der Waals surface area contributed by atoms with Gasteiger partial charge in [0.25, 0.3) is 0 Å². The van der Waals surface area contributed by atoms with Crippen LogP contribution in [0.2, 0.25) is 0 Å². The van der Waals surface area contributed by atoms with Gasteiger partial charge in [0.05, 0.1) is 5.60 Å². The van der Waals surface area contributed by atoms with Crippen LogP contribution in [0.4, 0.5) is 0 Å². The van der Waals surface area contributed by atoms with E-state index in [1.807, 2.05) is 34.6 Å². The van der Waals surface area contributed by atoms with Crippen LogP contribution in [0.1, 0.15) is 45.7 Å². The Morgan fingerprint density at radius 3 is 1.75 bits per heavy atom. The summed E-state index contributed by atoms with van der Waals surface area (Å²) >= 11 is 0. The van der Waals surface area contributed by atoms with Crippen LogP contribution in [0.5, 0.6) is 0 Å². The minimum atomic E-state index is -0.430. The molecule has 0 heterocycles. The van der Waals surface area contributed by atoms with Crippen molar-refractivity contribution in [3.05, 3.63) is 35.4 Å². The maximum absolute atomic E-state index is 5.52. The van der Waals surface area contributed by atoms with Crippen LogP contribution in [0.25, 0.3) is 0 Å². The average Bonchev–Trinajstić information content (AvgIpc) is 2.15. The Labute approximate surface area is 98.5 Å². The number of hydrogen-bond donors (Lipinski definition) is 0. The fraction of sp³-hybridized carbons (Fsp3) is 0.571. The van der Waals surface area contributed by atoms with E-state index in [9.17, 15) is 0 Å². The zero-order valence-corrected chi connectivity index (χ0v) is 11.1. The minimum absolute atomic E-state index is 0.290. The molecule has 0 N–H and O–H groups in total. The Morgan fingerprint density at radius 1 is 0.812 bits per heavy atom. The normalized spacial score (nSPS) is 12.9. The molecule has 0 fully saturated rings. The van der Waals surface area contributed by atoms with Gasteiger partial charge in [-0.3, -0.25) is 0 Å². The molecule has 0 atom stereocenters. The van der Waals surface area contributed by atoms with E-state index in [0.717, 1.165) is 5.56 Å². The molecule has 0 saturated heterocycles. The van der Waals surface area contributed by atoms with Crippen molar-refractivity contribution >= 4 is 0 Å². The van der Waals surface area contributed by atoms with E-state index in [1.165, 1.54) is 5.56 Å². The molecule has 0 aliphatic heterocycles. The van der Waals surface area contributed by atoms with E-state index >= 15 is 0 Å². The van der Waals surface area contributed by atoms with Crippen LogP contribution < -0.4 is 0 Å². The van der Waals surface area contributed by atoms with E-state index in [-0.39, 0.29) is 5.60 Å². The third kappa shape index (κ3) is 3.95. The standard InChI is InChI=1S/C14H22O2/c1-11-7-9-12(10-8-11)14(5,6)16-15-13(2,3)4/h7-10H,1-6H3. The molecule has 0 spiro atoms. The van der Waals surface area contributed by atoms with Crippen LogP contribution in [-0.4, -0.2) is 5.60 Å². The van der Waals surface area contributed by atoms with Gasteiger partial charge in [0.15, 0.2) is 0 Å². The first-order valence-electron chi connectivity index (χ1n) is 5.65. The molecular weight excluding hydrogens is 200 g/mol. The number of hydrogen-bond acceptors (Lipinski definition) is 2. The maximum atomic E-state index is 5.52. The lowest BCUT2D eigenvalue weighted by Gasteiger charge is -2.28. The van der Waals surface area contributed by atoms with Crippen LogP contribution in [0.3, 0.4) is 0 Å². The van der Waals surface area contributed by atoms with Gasteiger partial charge in [-0.25, -0.2) is 9.78 Å². The fourth-order valence-electron chi connectivity index (χ4n) is 1.23. The third-order valence-corrected chi connectivity index (χ3v) is 2.25. The second-order valence-corrected chi connectivity index (χ2v) is 5.66. The molecule has 0 saturated carbocycles. The summed E-state index contributed by atoms with van der Waals surface area (Å²) in [5, 5.41) is 0. The maximum Gasteiger partial charge on any atom is 0.123 e. The molecule has 0 unspecified atom stereocenters. The summed E-state index contributed by atoms with van der Waals surface area (Å²) < 4.78 is 0. The van der Waals surface area contributed by atoms with Gasteiger partial charge in [0, 0.05) is 0 Å². The first kappa shape index (κ1) is 13.2. The summed E-state index contributed by atoms with van der Waals surface area (Å²) in [7, 11) is 0. The van der Waals surface area contributed by atoms with E-state index in [2.05, 4.69) is 31.2 Å². The number of rotatable bonds is 3. The van der Waals surface area contributed by atoms with Gasteiger partial charge in [0.2, 0.25) is 0 Å². The van der Waals surface area contributed by atoms with Gasteiger partial charge >= 0.3 is 0 Å². The molecular formula is C14H22O2. The highest BCUT2D eigenvalue weighted by Gasteiger charge is 2.25. The quantitative estimate of drug-likeness (QED) is 0.569. The summed E-state index contributed by atoms with van der Waals surface area (Å²) in [6, 6.07) is 8.30. The Morgan fingerprint density at radius 2 is 1.31 bits per heavy atom. The smallest absolute Gasteiger partial charge is 0.123 e. The highest BCUT2D eigenvalue weighted by molar-refractivity contribution is 5.25. The molecule has 0 aromatic heterocycles. The first-order valence-corrected chi connectivity index (χ1v) is 5.65. The highest BCUT2D eigenvalue weighted by atomic mass is 17.2. The van der Waals surface area contributed by atoms with Gasteiger partial charge < -0.3 is 0 Å². The lowest BCUT2D eigenvalue weighted by Crippen LogP contribution is -2.28. The van der Waals surface area contributed by atoms with Crippen molar-refractivity contribution in [1.29, 1.82) is 0 Å². The van der Waals surface area contributed by atoms with E-state index < -0.39 is 5.60 Å². The van der Waals surface area contributed by atoms with E-state index in [0.29, 0.717) is 0 Å². The van der Waals surface area contributed by atoms with Gasteiger partial charge in [-0.2, -0.15) is 0 Å². The van der Waals surface area contributed by atoms with Crippen molar-refractivity contribution in [2.75, 3.05) is 0 Å². The van der Waals surface area contributed by atoms with E-state index in [4.69, 9.17) is 9.78 Å². The molecule has 2 heteroatoms. The Balaban J connectivity index is 2.73. The Hall–Kier alpha value is -0.860. The van der Waals surface area contributed by atoms with E-state index in [1.54, 1.807) is 0 Å². The third-order valence-electron chi connectivity index (χ3n) is 2.25. The van der Waals surface area contributed by atoms with Crippen molar-refractivity contribution in [3.63, 3.8) is 0 Å². The molecule has 2 nitrogen and oxygen atoms in total. The van der Waals surface area contributed by atoms with Crippen molar-refractivity contribution in [2.24, 2.45) is 0 Å². The first-order chi connectivity index (χ1) is 7.21. The summed E-state index contributed by atoms with van der Waals surface area (Å²) in [6.45, 7) is 12.0. The molecule has 90 valence electrons. The monoisotopic (exact) mass is 222 g/mol. The lowest BCUT2D eigenvalue weighted by atomic mass is 9.97. The zero-order chi connectivity index (χ0) is 12.4. The minimum Gasteiger partial charge on any atom is -0.230 e. The van der Waals surface area contributed by atoms with Crippen LogP contribution >= 0.6 is 0 Å². The summed E-state index contributed by atoms with van der Waals surface area (Å²) in [6.07, 6.45) is 0.